The average Bonchev–Trinajstić information content (AvgIpc) is 3.01. The van der Waals surface area contributed by atoms with Gasteiger partial charge in [-0.1, -0.05) is 56.3 Å². The van der Waals surface area contributed by atoms with Crippen molar-refractivity contribution in [2.75, 3.05) is 6.54 Å². The van der Waals surface area contributed by atoms with E-state index in [0.29, 0.717) is 6.04 Å². The predicted octanol–water partition coefficient (Wildman–Crippen LogP) is 5.63. The summed E-state index contributed by atoms with van der Waals surface area (Å²) in [5.74, 6) is 0. The minimum absolute atomic E-state index is 0.476. The lowest BCUT2D eigenvalue weighted by Gasteiger charge is -2.13. The van der Waals surface area contributed by atoms with Crippen molar-refractivity contribution in [3.8, 4) is 10.4 Å². The molecule has 1 heterocycles. The van der Waals surface area contributed by atoms with E-state index in [0.717, 1.165) is 13.0 Å². The molecule has 108 valence electrons. The Morgan fingerprint density at radius 2 is 1.76 bits per heavy atom. The number of thiophene rings is 1. The van der Waals surface area contributed by atoms with Crippen LogP contribution >= 0.6 is 11.3 Å². The van der Waals surface area contributed by atoms with E-state index in [-0.39, 0.29) is 0 Å². The van der Waals surface area contributed by atoms with E-state index < -0.39 is 0 Å². The van der Waals surface area contributed by atoms with E-state index in [4.69, 9.17) is 0 Å². The van der Waals surface area contributed by atoms with Crippen LogP contribution in [0, 0.1) is 0 Å². The first-order chi connectivity index (χ1) is 10.3. The second-order valence-corrected chi connectivity index (χ2v) is 6.36. The summed E-state index contributed by atoms with van der Waals surface area (Å²) in [7, 11) is 0. The molecule has 0 bridgehead atoms. The standard InChI is InChI=1S/C19H21NS/c1-3-17(20-4-2)19-13-12-18(21-19)16-11-7-9-14-8-5-6-10-15(14)16/h5-13,17,20H,3-4H2,1-2H3. The van der Waals surface area contributed by atoms with Crippen LogP contribution in [0.1, 0.15) is 31.2 Å². The van der Waals surface area contributed by atoms with Crippen LogP contribution in [-0.4, -0.2) is 6.54 Å². The minimum atomic E-state index is 0.476. The van der Waals surface area contributed by atoms with E-state index in [2.05, 4.69) is 73.8 Å². The topological polar surface area (TPSA) is 12.0 Å². The highest BCUT2D eigenvalue weighted by Crippen LogP contribution is 2.36. The number of nitrogens with one attached hydrogen (secondary N) is 1. The molecule has 0 aliphatic rings. The molecule has 1 nitrogen and oxygen atoms in total. The summed E-state index contributed by atoms with van der Waals surface area (Å²) in [6, 6.07) is 20.2. The third-order valence-electron chi connectivity index (χ3n) is 3.88. The molecule has 0 fully saturated rings. The van der Waals surface area contributed by atoms with Gasteiger partial charge in [0.15, 0.2) is 0 Å². The fourth-order valence-corrected chi connectivity index (χ4v) is 4.02. The van der Waals surface area contributed by atoms with Crippen molar-refractivity contribution in [2.24, 2.45) is 0 Å². The molecule has 21 heavy (non-hydrogen) atoms. The molecule has 0 aliphatic heterocycles. The Balaban J connectivity index is 2.02. The molecule has 3 rings (SSSR count). The average molecular weight is 295 g/mol. The van der Waals surface area contributed by atoms with Gasteiger partial charge < -0.3 is 5.32 Å². The zero-order valence-corrected chi connectivity index (χ0v) is 13.4. The van der Waals surface area contributed by atoms with Crippen molar-refractivity contribution in [3.63, 3.8) is 0 Å². The first kappa shape index (κ1) is 14.3. The highest BCUT2D eigenvalue weighted by molar-refractivity contribution is 7.15. The summed E-state index contributed by atoms with van der Waals surface area (Å²) in [6.45, 7) is 5.42. The summed E-state index contributed by atoms with van der Waals surface area (Å²) < 4.78 is 0. The molecule has 0 aliphatic carbocycles. The maximum atomic E-state index is 3.56. The monoisotopic (exact) mass is 295 g/mol. The lowest BCUT2D eigenvalue weighted by molar-refractivity contribution is 0.545. The van der Waals surface area contributed by atoms with E-state index in [1.54, 1.807) is 0 Å². The van der Waals surface area contributed by atoms with Crippen LogP contribution in [0.3, 0.4) is 0 Å². The highest BCUT2D eigenvalue weighted by Gasteiger charge is 2.12. The zero-order chi connectivity index (χ0) is 14.7. The van der Waals surface area contributed by atoms with Gasteiger partial charge in [0.25, 0.3) is 0 Å². The lowest BCUT2D eigenvalue weighted by atomic mass is 10.0. The molecule has 3 aromatic rings. The number of hydrogen-bond acceptors (Lipinski definition) is 2. The quantitative estimate of drug-likeness (QED) is 0.643. The van der Waals surface area contributed by atoms with Crippen molar-refractivity contribution in [3.05, 3.63) is 59.5 Å². The van der Waals surface area contributed by atoms with E-state index in [1.807, 2.05) is 11.3 Å². The second-order valence-electron chi connectivity index (χ2n) is 5.25. The molecule has 1 aromatic heterocycles. The summed E-state index contributed by atoms with van der Waals surface area (Å²) in [5.41, 5.74) is 1.34. The van der Waals surface area contributed by atoms with Gasteiger partial charge in [0.05, 0.1) is 0 Å². The van der Waals surface area contributed by atoms with Gasteiger partial charge in [0.1, 0.15) is 0 Å². The van der Waals surface area contributed by atoms with Crippen LogP contribution in [-0.2, 0) is 0 Å². The molecule has 2 heteroatoms. The molecule has 0 spiro atoms. The first-order valence-corrected chi connectivity index (χ1v) is 8.46. The highest BCUT2D eigenvalue weighted by atomic mass is 32.1. The minimum Gasteiger partial charge on any atom is -0.310 e. The fraction of sp³-hybridized carbons (Fsp3) is 0.263. The third kappa shape index (κ3) is 2.87. The summed E-state index contributed by atoms with van der Waals surface area (Å²) in [6.07, 6.45) is 1.13. The molecule has 0 radical (unpaired) electrons. The van der Waals surface area contributed by atoms with Crippen LogP contribution in [0.15, 0.2) is 54.6 Å². The van der Waals surface area contributed by atoms with Crippen LogP contribution in [0.4, 0.5) is 0 Å². The van der Waals surface area contributed by atoms with Crippen LogP contribution in [0.2, 0.25) is 0 Å². The van der Waals surface area contributed by atoms with Crippen molar-refractivity contribution in [2.45, 2.75) is 26.3 Å². The largest absolute Gasteiger partial charge is 0.310 e. The SMILES string of the molecule is CCNC(CC)c1ccc(-c2cccc3ccccc23)s1. The first-order valence-electron chi connectivity index (χ1n) is 7.64. The maximum absolute atomic E-state index is 3.56. The van der Waals surface area contributed by atoms with Crippen LogP contribution in [0.25, 0.3) is 21.2 Å². The number of hydrogen-bond donors (Lipinski definition) is 1. The van der Waals surface area contributed by atoms with Crippen molar-refractivity contribution in [1.82, 2.24) is 5.32 Å². The van der Waals surface area contributed by atoms with Crippen LogP contribution in [0.5, 0.6) is 0 Å². The third-order valence-corrected chi connectivity index (χ3v) is 5.12. The second kappa shape index (κ2) is 6.42. The molecule has 1 N–H and O–H groups in total. The normalized spacial score (nSPS) is 12.7. The van der Waals surface area contributed by atoms with Crippen molar-refractivity contribution < 1.29 is 0 Å². The fourth-order valence-electron chi connectivity index (χ4n) is 2.82. The van der Waals surface area contributed by atoms with Crippen molar-refractivity contribution >= 4 is 22.1 Å². The predicted molar refractivity (Wildman–Crippen MR) is 94.0 cm³/mol. The Hall–Kier alpha value is -1.64. The van der Waals surface area contributed by atoms with Crippen molar-refractivity contribution in [1.29, 1.82) is 0 Å². The van der Waals surface area contributed by atoms with Gasteiger partial charge in [-0.05, 0) is 41.4 Å². The van der Waals surface area contributed by atoms with Gasteiger partial charge in [-0.3, -0.25) is 0 Å². The number of rotatable bonds is 5. The molecule has 0 saturated carbocycles. The van der Waals surface area contributed by atoms with E-state index >= 15 is 0 Å². The number of benzene rings is 2. The van der Waals surface area contributed by atoms with E-state index in [1.165, 1.54) is 26.1 Å². The molecular formula is C19H21NS. The molecule has 0 amide bonds. The van der Waals surface area contributed by atoms with Gasteiger partial charge in [0, 0.05) is 15.8 Å². The van der Waals surface area contributed by atoms with Crippen LogP contribution < -0.4 is 5.32 Å². The Bertz CT molecular complexity index is 724. The smallest absolute Gasteiger partial charge is 0.0412 e. The molecule has 2 aromatic carbocycles. The summed E-state index contributed by atoms with van der Waals surface area (Å²) >= 11 is 1.91. The molecule has 1 atom stereocenters. The molecule has 0 saturated heterocycles. The van der Waals surface area contributed by atoms with Gasteiger partial charge in [-0.15, -0.1) is 11.3 Å². The Morgan fingerprint density at radius 3 is 2.57 bits per heavy atom. The van der Waals surface area contributed by atoms with Gasteiger partial charge in [-0.2, -0.15) is 0 Å². The van der Waals surface area contributed by atoms with E-state index in [9.17, 15) is 0 Å². The maximum Gasteiger partial charge on any atom is 0.0412 e. The van der Waals surface area contributed by atoms with Gasteiger partial charge in [-0.25, -0.2) is 0 Å². The summed E-state index contributed by atoms with van der Waals surface area (Å²) in [4.78, 5) is 2.79. The zero-order valence-electron chi connectivity index (χ0n) is 12.6. The lowest BCUT2D eigenvalue weighted by Crippen LogP contribution is -2.18. The molecular weight excluding hydrogens is 274 g/mol. The van der Waals surface area contributed by atoms with Gasteiger partial charge >= 0.3 is 0 Å². The Morgan fingerprint density at radius 1 is 0.952 bits per heavy atom. The van der Waals surface area contributed by atoms with Gasteiger partial charge in [0.2, 0.25) is 0 Å². The number of fused-ring (bicyclic) bond motifs is 1. The Kier molecular flexibility index (Phi) is 4.37. The summed E-state index contributed by atoms with van der Waals surface area (Å²) in [5, 5.41) is 6.21. The molecule has 1 unspecified atom stereocenters. The Labute approximate surface area is 130 Å².